The predicted octanol–water partition coefficient (Wildman–Crippen LogP) is 12.9. The molecule has 10 aromatic rings. The third-order valence-electron chi connectivity index (χ3n) is 9.69. The summed E-state index contributed by atoms with van der Waals surface area (Å²) in [6, 6.07) is 61.9. The van der Waals surface area contributed by atoms with Crippen LogP contribution >= 0.6 is 11.3 Å². The van der Waals surface area contributed by atoms with Crippen molar-refractivity contribution in [3.8, 4) is 56.3 Å². The first-order chi connectivity index (χ1) is 25.3. The molecule has 0 aliphatic rings. The molecule has 238 valence electrons. The fourth-order valence-electron chi connectivity index (χ4n) is 7.18. The summed E-state index contributed by atoms with van der Waals surface area (Å²) in [6.45, 7) is 0. The highest BCUT2D eigenvalue weighted by atomic mass is 32.1. The number of aromatic nitrogens is 3. The van der Waals surface area contributed by atoms with Gasteiger partial charge in [0, 0.05) is 47.8 Å². The summed E-state index contributed by atoms with van der Waals surface area (Å²) in [4.78, 5) is 15.4. The third-order valence-corrected chi connectivity index (χ3v) is 10.9. The van der Waals surface area contributed by atoms with Gasteiger partial charge in [0.15, 0.2) is 5.82 Å². The van der Waals surface area contributed by atoms with Crippen molar-refractivity contribution < 1.29 is 0 Å². The number of hydrogen-bond donors (Lipinski definition) is 0. The number of pyridine rings is 1. The quantitative estimate of drug-likeness (QED) is 0.183. The zero-order valence-corrected chi connectivity index (χ0v) is 28.3. The van der Waals surface area contributed by atoms with Gasteiger partial charge in [-0.3, -0.25) is 0 Å². The van der Waals surface area contributed by atoms with E-state index < -0.39 is 0 Å². The summed E-state index contributed by atoms with van der Waals surface area (Å²) in [7, 11) is 0. The molecule has 4 heteroatoms. The van der Waals surface area contributed by atoms with Crippen molar-refractivity contribution in [2.24, 2.45) is 0 Å². The summed E-state index contributed by atoms with van der Waals surface area (Å²) in [6.07, 6.45) is 0. The Balaban J connectivity index is 1.12. The molecule has 0 saturated heterocycles. The average molecular weight is 668 g/mol. The zero-order chi connectivity index (χ0) is 33.7. The van der Waals surface area contributed by atoms with Crippen molar-refractivity contribution in [1.82, 2.24) is 15.0 Å². The number of rotatable bonds is 5. The van der Waals surface area contributed by atoms with Gasteiger partial charge in [-0.15, -0.1) is 11.3 Å². The van der Waals surface area contributed by atoms with Crippen molar-refractivity contribution in [3.63, 3.8) is 0 Å². The molecule has 7 aromatic carbocycles. The highest BCUT2D eigenvalue weighted by molar-refractivity contribution is 7.26. The van der Waals surface area contributed by atoms with Crippen molar-refractivity contribution in [3.05, 3.63) is 176 Å². The van der Waals surface area contributed by atoms with Gasteiger partial charge in [0.2, 0.25) is 0 Å². The predicted molar refractivity (Wildman–Crippen MR) is 215 cm³/mol. The summed E-state index contributed by atoms with van der Waals surface area (Å²) in [5, 5.41) is 6.11. The second kappa shape index (κ2) is 12.1. The molecule has 3 aromatic heterocycles. The van der Waals surface area contributed by atoms with Crippen LogP contribution in [0.4, 0.5) is 0 Å². The van der Waals surface area contributed by atoms with Gasteiger partial charge in [-0.1, -0.05) is 152 Å². The lowest BCUT2D eigenvalue weighted by atomic mass is 9.96. The molecule has 0 amide bonds. The van der Waals surface area contributed by atoms with Crippen LogP contribution in [-0.4, -0.2) is 15.0 Å². The fraction of sp³-hybridized carbons (Fsp3) is 0. The number of hydrogen-bond acceptors (Lipinski definition) is 4. The van der Waals surface area contributed by atoms with Gasteiger partial charge in [-0.25, -0.2) is 15.0 Å². The summed E-state index contributed by atoms with van der Waals surface area (Å²) < 4.78 is 2.52. The number of benzene rings is 7. The Morgan fingerprint density at radius 3 is 1.78 bits per heavy atom. The lowest BCUT2D eigenvalue weighted by Crippen LogP contribution is -1.96. The molecule has 0 radical (unpaired) electrons. The minimum atomic E-state index is 0.710. The lowest BCUT2D eigenvalue weighted by Gasteiger charge is -2.12. The van der Waals surface area contributed by atoms with Crippen LogP contribution in [0.25, 0.3) is 98.1 Å². The Hall–Kier alpha value is -6.49. The molecule has 0 aliphatic carbocycles. The Labute approximate surface area is 299 Å². The van der Waals surface area contributed by atoms with E-state index in [1.54, 1.807) is 0 Å². The summed E-state index contributed by atoms with van der Waals surface area (Å²) in [5.41, 5.74) is 10.4. The normalized spacial score (nSPS) is 11.5. The first-order valence-electron chi connectivity index (χ1n) is 17.1. The van der Waals surface area contributed by atoms with Gasteiger partial charge in [-0.2, -0.15) is 0 Å². The molecular weight excluding hydrogens is 639 g/mol. The van der Waals surface area contributed by atoms with Crippen LogP contribution in [0.3, 0.4) is 0 Å². The van der Waals surface area contributed by atoms with E-state index in [4.69, 9.17) is 15.0 Å². The maximum atomic E-state index is 5.38. The van der Waals surface area contributed by atoms with E-state index in [0.717, 1.165) is 44.9 Å². The van der Waals surface area contributed by atoms with E-state index in [0.29, 0.717) is 5.82 Å². The van der Waals surface area contributed by atoms with Crippen LogP contribution in [0.1, 0.15) is 0 Å². The van der Waals surface area contributed by atoms with Gasteiger partial charge in [0.05, 0.1) is 22.6 Å². The maximum absolute atomic E-state index is 5.38. The largest absolute Gasteiger partial charge is 0.247 e. The molecule has 0 bridgehead atoms. The monoisotopic (exact) mass is 667 g/mol. The van der Waals surface area contributed by atoms with Gasteiger partial charge >= 0.3 is 0 Å². The molecular formula is C47H29N3S. The van der Waals surface area contributed by atoms with Crippen molar-refractivity contribution in [1.29, 1.82) is 0 Å². The van der Waals surface area contributed by atoms with Crippen LogP contribution in [0.15, 0.2) is 176 Å². The van der Waals surface area contributed by atoms with E-state index in [9.17, 15) is 0 Å². The fourth-order valence-corrected chi connectivity index (χ4v) is 8.41. The molecule has 0 unspecified atom stereocenters. The van der Waals surface area contributed by atoms with E-state index in [-0.39, 0.29) is 0 Å². The smallest absolute Gasteiger partial charge is 0.160 e. The Kier molecular flexibility index (Phi) is 7.00. The van der Waals surface area contributed by atoms with Crippen LogP contribution in [0.2, 0.25) is 0 Å². The van der Waals surface area contributed by atoms with Crippen LogP contribution in [0, 0.1) is 0 Å². The molecule has 0 saturated carbocycles. The van der Waals surface area contributed by atoms with E-state index in [2.05, 4.69) is 140 Å². The van der Waals surface area contributed by atoms with Crippen LogP contribution in [0.5, 0.6) is 0 Å². The van der Waals surface area contributed by atoms with Gasteiger partial charge in [0.25, 0.3) is 0 Å². The van der Waals surface area contributed by atoms with E-state index in [1.807, 2.05) is 47.7 Å². The molecule has 0 aliphatic heterocycles. The molecule has 51 heavy (non-hydrogen) atoms. The van der Waals surface area contributed by atoms with E-state index >= 15 is 0 Å². The van der Waals surface area contributed by atoms with Gasteiger partial charge < -0.3 is 0 Å². The minimum absolute atomic E-state index is 0.710. The van der Waals surface area contributed by atoms with Crippen molar-refractivity contribution in [2.45, 2.75) is 0 Å². The second-order valence-electron chi connectivity index (χ2n) is 12.8. The third kappa shape index (κ3) is 5.16. The molecule has 0 N–H and O–H groups in total. The topological polar surface area (TPSA) is 38.7 Å². The lowest BCUT2D eigenvalue weighted by molar-refractivity contribution is 1.18. The zero-order valence-electron chi connectivity index (χ0n) is 27.5. The maximum Gasteiger partial charge on any atom is 0.160 e. The van der Waals surface area contributed by atoms with Gasteiger partial charge in [-0.05, 0) is 46.2 Å². The molecule has 0 spiro atoms. The molecule has 3 heterocycles. The number of fused-ring (bicyclic) bond motifs is 6. The van der Waals surface area contributed by atoms with Gasteiger partial charge in [0.1, 0.15) is 0 Å². The Morgan fingerprint density at radius 2 is 1.00 bits per heavy atom. The SMILES string of the molecule is c1ccc(-c2cc(-c3ccc(-c4nc5ccc(-c6cccc7ccccc67)cc5c5sc6ccccc6c45)cc3)nc(-c3ccccc3)n2)cc1. The first kappa shape index (κ1) is 29.4. The molecule has 0 fully saturated rings. The highest BCUT2D eigenvalue weighted by Gasteiger charge is 2.18. The minimum Gasteiger partial charge on any atom is -0.247 e. The molecule has 3 nitrogen and oxygen atoms in total. The summed E-state index contributed by atoms with van der Waals surface area (Å²) >= 11 is 1.85. The Bertz CT molecular complexity index is 2830. The average Bonchev–Trinajstić information content (AvgIpc) is 3.61. The van der Waals surface area contributed by atoms with Crippen molar-refractivity contribution in [2.75, 3.05) is 0 Å². The number of nitrogens with zero attached hydrogens (tertiary/aromatic N) is 3. The second-order valence-corrected chi connectivity index (χ2v) is 13.8. The number of thiophene rings is 1. The highest BCUT2D eigenvalue weighted by Crippen LogP contribution is 2.44. The van der Waals surface area contributed by atoms with Crippen LogP contribution < -0.4 is 0 Å². The van der Waals surface area contributed by atoms with Crippen molar-refractivity contribution >= 4 is 53.2 Å². The standard InChI is InChI=1S/C47H29N3S/c1-3-13-31(14-4-1)41-29-42(50-47(49-41)34-15-5-2-6-16-34)32-22-24-33(25-23-32)45-44-38-19-9-10-21-43(38)51-46(44)39-28-35(26-27-40(39)48-45)37-20-11-17-30-12-7-8-18-36(30)37/h1-29H. The Morgan fingerprint density at radius 1 is 0.392 bits per heavy atom. The molecule has 10 rings (SSSR count). The molecule has 0 atom stereocenters. The van der Waals surface area contributed by atoms with Crippen LogP contribution in [-0.2, 0) is 0 Å². The van der Waals surface area contributed by atoms with E-state index in [1.165, 1.54) is 47.5 Å². The first-order valence-corrected chi connectivity index (χ1v) is 17.9. The summed E-state index contributed by atoms with van der Waals surface area (Å²) in [5.74, 6) is 0.710.